The Bertz CT molecular complexity index is 613. The van der Waals surface area contributed by atoms with Crippen molar-refractivity contribution in [2.75, 3.05) is 18.4 Å². The molecule has 1 atom stereocenters. The van der Waals surface area contributed by atoms with Crippen molar-refractivity contribution in [3.8, 4) is 0 Å². The van der Waals surface area contributed by atoms with Crippen LogP contribution < -0.4 is 5.32 Å². The average molecular weight is 287 g/mol. The molecule has 2 aromatic heterocycles. The first-order valence-corrected chi connectivity index (χ1v) is 6.98. The van der Waals surface area contributed by atoms with Crippen LogP contribution in [0.25, 0.3) is 0 Å². The molecule has 7 heteroatoms. The van der Waals surface area contributed by atoms with E-state index in [0.717, 1.165) is 19.4 Å². The SMILES string of the molecule is Cc1noc([C@H]2CCCN(C(=O)Nc3cccnc3)C2)n1. The highest BCUT2D eigenvalue weighted by atomic mass is 16.5. The first kappa shape index (κ1) is 13.5. The Morgan fingerprint density at radius 2 is 2.43 bits per heavy atom. The first-order valence-electron chi connectivity index (χ1n) is 6.98. The first-order chi connectivity index (χ1) is 10.2. The molecule has 1 saturated heterocycles. The molecule has 0 aliphatic carbocycles. The lowest BCUT2D eigenvalue weighted by molar-refractivity contribution is 0.184. The number of nitrogens with one attached hydrogen (secondary N) is 1. The highest BCUT2D eigenvalue weighted by Crippen LogP contribution is 2.26. The molecule has 21 heavy (non-hydrogen) atoms. The summed E-state index contributed by atoms with van der Waals surface area (Å²) in [6.45, 7) is 3.12. The molecule has 1 N–H and O–H groups in total. The molecule has 0 radical (unpaired) electrons. The summed E-state index contributed by atoms with van der Waals surface area (Å²) >= 11 is 0. The number of nitrogens with zero attached hydrogens (tertiary/aromatic N) is 4. The fourth-order valence-corrected chi connectivity index (χ4v) is 2.48. The topological polar surface area (TPSA) is 84.2 Å². The van der Waals surface area contributed by atoms with Gasteiger partial charge in [-0.3, -0.25) is 4.98 Å². The maximum Gasteiger partial charge on any atom is 0.321 e. The highest BCUT2D eigenvalue weighted by molar-refractivity contribution is 5.89. The molecule has 0 bridgehead atoms. The lowest BCUT2D eigenvalue weighted by atomic mass is 9.98. The largest absolute Gasteiger partial charge is 0.339 e. The van der Waals surface area contributed by atoms with Gasteiger partial charge < -0.3 is 14.7 Å². The van der Waals surface area contributed by atoms with Gasteiger partial charge in [0.25, 0.3) is 0 Å². The predicted octanol–water partition coefficient (Wildman–Crippen LogP) is 2.18. The minimum absolute atomic E-state index is 0.111. The third-order valence-corrected chi connectivity index (χ3v) is 3.51. The van der Waals surface area contributed by atoms with E-state index in [2.05, 4.69) is 20.4 Å². The molecular formula is C14H17N5O2. The molecule has 0 aromatic carbocycles. The molecule has 2 aromatic rings. The molecule has 2 amide bonds. The van der Waals surface area contributed by atoms with Crippen LogP contribution in [0.2, 0.25) is 0 Å². The summed E-state index contributed by atoms with van der Waals surface area (Å²) in [7, 11) is 0. The number of amides is 2. The maximum absolute atomic E-state index is 12.3. The molecule has 0 spiro atoms. The van der Waals surface area contributed by atoms with Gasteiger partial charge in [0.05, 0.1) is 17.8 Å². The molecular weight excluding hydrogens is 270 g/mol. The second kappa shape index (κ2) is 5.90. The summed E-state index contributed by atoms with van der Waals surface area (Å²) in [4.78, 5) is 22.3. The van der Waals surface area contributed by atoms with Crippen molar-refractivity contribution in [3.05, 3.63) is 36.2 Å². The standard InChI is InChI=1S/C14H17N5O2/c1-10-16-13(21-18-10)11-4-3-7-19(9-11)14(20)17-12-5-2-6-15-8-12/h2,5-6,8,11H,3-4,7,9H2,1H3,(H,17,20)/t11-/m0/s1. The van der Waals surface area contributed by atoms with E-state index < -0.39 is 0 Å². The minimum atomic E-state index is -0.121. The number of urea groups is 1. The van der Waals surface area contributed by atoms with E-state index in [1.165, 1.54) is 0 Å². The molecule has 0 saturated carbocycles. The van der Waals surface area contributed by atoms with Crippen molar-refractivity contribution in [2.24, 2.45) is 0 Å². The number of aromatic nitrogens is 3. The van der Waals surface area contributed by atoms with Gasteiger partial charge in [-0.1, -0.05) is 5.16 Å². The fourth-order valence-electron chi connectivity index (χ4n) is 2.48. The monoisotopic (exact) mass is 287 g/mol. The van der Waals surface area contributed by atoms with Gasteiger partial charge in [-0.15, -0.1) is 0 Å². The smallest absolute Gasteiger partial charge is 0.321 e. The second-order valence-electron chi connectivity index (χ2n) is 5.14. The molecule has 3 rings (SSSR count). The van der Waals surface area contributed by atoms with E-state index in [4.69, 9.17) is 4.52 Å². The molecule has 1 aliphatic rings. The van der Waals surface area contributed by atoms with Crippen LogP contribution in [-0.4, -0.2) is 39.1 Å². The molecule has 1 aliphatic heterocycles. The number of anilines is 1. The number of piperidine rings is 1. The maximum atomic E-state index is 12.3. The Balaban J connectivity index is 1.64. The summed E-state index contributed by atoms with van der Waals surface area (Å²) in [5.74, 6) is 1.35. The van der Waals surface area contributed by atoms with E-state index in [1.807, 2.05) is 6.07 Å². The molecule has 0 unspecified atom stereocenters. The zero-order valence-electron chi connectivity index (χ0n) is 11.8. The van der Waals surface area contributed by atoms with Crippen LogP contribution in [0.15, 0.2) is 29.0 Å². The minimum Gasteiger partial charge on any atom is -0.339 e. The van der Waals surface area contributed by atoms with Gasteiger partial charge in [-0.05, 0) is 31.9 Å². The average Bonchev–Trinajstić information content (AvgIpc) is 2.95. The Morgan fingerprint density at radius 1 is 1.52 bits per heavy atom. The van der Waals surface area contributed by atoms with Crippen molar-refractivity contribution in [1.82, 2.24) is 20.0 Å². The highest BCUT2D eigenvalue weighted by Gasteiger charge is 2.28. The quantitative estimate of drug-likeness (QED) is 0.915. The van der Waals surface area contributed by atoms with Gasteiger partial charge >= 0.3 is 6.03 Å². The van der Waals surface area contributed by atoms with E-state index in [-0.39, 0.29) is 11.9 Å². The molecule has 7 nitrogen and oxygen atoms in total. The number of carbonyl (C=O) groups is 1. The second-order valence-corrected chi connectivity index (χ2v) is 5.14. The Morgan fingerprint density at radius 3 is 3.14 bits per heavy atom. The molecule has 110 valence electrons. The Labute approximate surface area is 122 Å². The normalized spacial score (nSPS) is 18.5. The van der Waals surface area contributed by atoms with Crippen LogP contribution in [0.4, 0.5) is 10.5 Å². The molecule has 3 heterocycles. The van der Waals surface area contributed by atoms with Gasteiger partial charge in [-0.2, -0.15) is 4.98 Å². The van der Waals surface area contributed by atoms with Crippen molar-refractivity contribution in [1.29, 1.82) is 0 Å². The number of carbonyl (C=O) groups excluding carboxylic acids is 1. The van der Waals surface area contributed by atoms with Gasteiger partial charge in [-0.25, -0.2) is 4.79 Å². The van der Waals surface area contributed by atoms with Crippen molar-refractivity contribution in [3.63, 3.8) is 0 Å². The van der Waals surface area contributed by atoms with Crippen molar-refractivity contribution in [2.45, 2.75) is 25.7 Å². The van der Waals surface area contributed by atoms with Gasteiger partial charge in [0, 0.05) is 19.3 Å². The fraction of sp³-hybridized carbons (Fsp3) is 0.429. The van der Waals surface area contributed by atoms with Crippen LogP contribution in [-0.2, 0) is 0 Å². The Hall–Kier alpha value is -2.44. The van der Waals surface area contributed by atoms with Crippen LogP contribution >= 0.6 is 0 Å². The van der Waals surface area contributed by atoms with E-state index in [9.17, 15) is 4.79 Å². The predicted molar refractivity (Wildman–Crippen MR) is 75.8 cm³/mol. The summed E-state index contributed by atoms with van der Waals surface area (Å²) in [5, 5.41) is 6.66. The Kier molecular flexibility index (Phi) is 3.81. The van der Waals surface area contributed by atoms with Crippen molar-refractivity contribution >= 4 is 11.7 Å². The van der Waals surface area contributed by atoms with Crippen LogP contribution in [0.5, 0.6) is 0 Å². The number of aryl methyl sites for hydroxylation is 1. The number of rotatable bonds is 2. The van der Waals surface area contributed by atoms with Gasteiger partial charge in [0.15, 0.2) is 5.82 Å². The number of likely N-dealkylation sites (tertiary alicyclic amines) is 1. The van der Waals surface area contributed by atoms with E-state index >= 15 is 0 Å². The van der Waals surface area contributed by atoms with E-state index in [1.54, 1.807) is 30.3 Å². The number of hydrogen-bond acceptors (Lipinski definition) is 5. The number of pyridine rings is 1. The summed E-state index contributed by atoms with van der Waals surface area (Å²) in [5.41, 5.74) is 0.693. The zero-order valence-corrected chi connectivity index (χ0v) is 11.8. The summed E-state index contributed by atoms with van der Waals surface area (Å²) < 4.78 is 5.22. The lowest BCUT2D eigenvalue weighted by Crippen LogP contribution is -2.41. The van der Waals surface area contributed by atoms with Crippen LogP contribution in [0, 0.1) is 6.92 Å². The van der Waals surface area contributed by atoms with E-state index in [0.29, 0.717) is 23.9 Å². The summed E-state index contributed by atoms with van der Waals surface area (Å²) in [6.07, 6.45) is 5.18. The van der Waals surface area contributed by atoms with Crippen molar-refractivity contribution < 1.29 is 9.32 Å². The number of hydrogen-bond donors (Lipinski definition) is 1. The zero-order chi connectivity index (χ0) is 14.7. The van der Waals surface area contributed by atoms with Crippen LogP contribution in [0.1, 0.15) is 30.5 Å². The third kappa shape index (κ3) is 3.18. The van der Waals surface area contributed by atoms with Gasteiger partial charge in [0.1, 0.15) is 0 Å². The third-order valence-electron chi connectivity index (χ3n) is 3.51. The molecule has 1 fully saturated rings. The van der Waals surface area contributed by atoms with Crippen LogP contribution in [0.3, 0.4) is 0 Å². The van der Waals surface area contributed by atoms with Gasteiger partial charge in [0.2, 0.25) is 5.89 Å². The lowest BCUT2D eigenvalue weighted by Gasteiger charge is -2.31. The summed E-state index contributed by atoms with van der Waals surface area (Å²) in [6, 6.07) is 3.48.